The molecule has 1 rings (SSSR count). The van der Waals surface area contributed by atoms with Gasteiger partial charge >= 0.3 is 12.3 Å². The number of hydrogen-bond donors (Lipinski definition) is 0. The van der Waals surface area contributed by atoms with Crippen molar-refractivity contribution in [2.45, 2.75) is 39.0 Å². The van der Waals surface area contributed by atoms with Crippen LogP contribution in [-0.2, 0) is 4.74 Å². The van der Waals surface area contributed by atoms with E-state index in [1.165, 1.54) is 12.3 Å². The van der Waals surface area contributed by atoms with E-state index < -0.39 is 30.9 Å². The normalized spacial score (nSPS) is 12.3. The molecule has 0 amide bonds. The highest BCUT2D eigenvalue weighted by Crippen LogP contribution is 2.19. The topological polar surface area (TPSA) is 53.4 Å². The average molecular weight is 280 g/mol. The summed E-state index contributed by atoms with van der Waals surface area (Å²) in [6.07, 6.45) is -4.82. The first-order valence-electron chi connectivity index (χ1n) is 5.55. The summed E-state index contributed by atoms with van der Waals surface area (Å²) in [5.41, 5.74) is -0.680. The summed E-state index contributed by atoms with van der Waals surface area (Å²) in [4.78, 5) is 11.5. The van der Waals surface area contributed by atoms with Gasteiger partial charge in [-0.15, -0.1) is 5.10 Å². The van der Waals surface area contributed by atoms with Crippen LogP contribution in [0.15, 0.2) is 12.3 Å². The van der Waals surface area contributed by atoms with Gasteiger partial charge in [-0.1, -0.05) is 0 Å². The van der Waals surface area contributed by atoms with Gasteiger partial charge in [0.1, 0.15) is 5.60 Å². The number of halogens is 3. The Hall–Kier alpha value is -1.73. The maximum Gasteiger partial charge on any atom is 0.435 e. The SMILES string of the molecule is CC(C)(C)OC(=O)n1ccc(OCCC(F)(F)F)n1. The molecule has 19 heavy (non-hydrogen) atoms. The minimum Gasteiger partial charge on any atom is -0.476 e. The van der Waals surface area contributed by atoms with Crippen LogP contribution in [0.3, 0.4) is 0 Å². The molecule has 1 aromatic rings. The Morgan fingerprint density at radius 1 is 1.37 bits per heavy atom. The maximum absolute atomic E-state index is 11.9. The first kappa shape index (κ1) is 15.3. The molecule has 0 spiro atoms. The Morgan fingerprint density at radius 2 is 2.00 bits per heavy atom. The molecular weight excluding hydrogens is 265 g/mol. The molecule has 0 aromatic carbocycles. The van der Waals surface area contributed by atoms with Gasteiger partial charge in [-0.05, 0) is 20.8 Å². The monoisotopic (exact) mass is 280 g/mol. The molecule has 1 heterocycles. The second-order valence-electron chi connectivity index (χ2n) is 4.79. The van der Waals surface area contributed by atoms with Crippen molar-refractivity contribution in [3.8, 4) is 5.88 Å². The van der Waals surface area contributed by atoms with E-state index >= 15 is 0 Å². The number of carbonyl (C=O) groups excluding carboxylic acids is 1. The smallest absolute Gasteiger partial charge is 0.435 e. The third-order valence-corrected chi connectivity index (χ3v) is 1.78. The lowest BCUT2D eigenvalue weighted by Crippen LogP contribution is -2.27. The van der Waals surface area contributed by atoms with Crippen molar-refractivity contribution in [1.82, 2.24) is 9.78 Å². The van der Waals surface area contributed by atoms with Gasteiger partial charge in [0.05, 0.1) is 13.0 Å². The van der Waals surface area contributed by atoms with Gasteiger partial charge in [0.15, 0.2) is 0 Å². The summed E-state index contributed by atoms with van der Waals surface area (Å²) >= 11 is 0. The molecule has 0 unspecified atom stereocenters. The summed E-state index contributed by atoms with van der Waals surface area (Å²) < 4.78 is 46.4. The van der Waals surface area contributed by atoms with Crippen LogP contribution in [0, 0.1) is 0 Å². The second-order valence-corrected chi connectivity index (χ2v) is 4.79. The molecule has 8 heteroatoms. The Labute approximate surface area is 108 Å². The summed E-state index contributed by atoms with van der Waals surface area (Å²) in [6.45, 7) is 4.52. The molecule has 0 saturated carbocycles. The Kier molecular flexibility index (Phi) is 4.43. The van der Waals surface area contributed by atoms with E-state index in [-0.39, 0.29) is 5.88 Å². The molecule has 5 nitrogen and oxygen atoms in total. The molecule has 1 aromatic heterocycles. The predicted molar refractivity (Wildman–Crippen MR) is 60.0 cm³/mol. The highest BCUT2D eigenvalue weighted by Gasteiger charge is 2.27. The number of ether oxygens (including phenoxy) is 2. The van der Waals surface area contributed by atoms with Gasteiger partial charge in [0.2, 0.25) is 5.88 Å². The molecule has 0 N–H and O–H groups in total. The van der Waals surface area contributed by atoms with Crippen LogP contribution < -0.4 is 4.74 Å². The molecule has 0 saturated heterocycles. The van der Waals surface area contributed by atoms with Gasteiger partial charge < -0.3 is 9.47 Å². The number of nitrogens with zero attached hydrogens (tertiary/aromatic N) is 2. The van der Waals surface area contributed by atoms with Gasteiger partial charge in [-0.25, -0.2) is 4.79 Å². The zero-order chi connectivity index (χ0) is 14.7. The average Bonchev–Trinajstić information content (AvgIpc) is 2.61. The minimum absolute atomic E-state index is 0.0601. The van der Waals surface area contributed by atoms with E-state index in [4.69, 9.17) is 9.47 Å². The van der Waals surface area contributed by atoms with Crippen molar-refractivity contribution >= 4 is 6.09 Å². The Balaban J connectivity index is 2.51. The molecular formula is C11H15F3N2O3. The van der Waals surface area contributed by atoms with Crippen LogP contribution >= 0.6 is 0 Å². The number of carbonyl (C=O) groups is 1. The van der Waals surface area contributed by atoms with Crippen LogP contribution in [0.2, 0.25) is 0 Å². The highest BCUT2D eigenvalue weighted by molar-refractivity contribution is 5.69. The standard InChI is InChI=1S/C11H15F3N2O3/c1-10(2,3)19-9(17)16-6-4-8(15-16)18-7-5-11(12,13)14/h4,6H,5,7H2,1-3H3. The quantitative estimate of drug-likeness (QED) is 0.854. The molecule has 108 valence electrons. The summed E-state index contributed by atoms with van der Waals surface area (Å²) in [7, 11) is 0. The van der Waals surface area contributed by atoms with Crippen LogP contribution in [0.25, 0.3) is 0 Å². The molecule has 0 fully saturated rings. The van der Waals surface area contributed by atoms with E-state index in [1.807, 2.05) is 0 Å². The molecule has 0 aliphatic carbocycles. The van der Waals surface area contributed by atoms with Crippen LogP contribution in [-0.4, -0.2) is 34.3 Å². The van der Waals surface area contributed by atoms with E-state index in [9.17, 15) is 18.0 Å². The van der Waals surface area contributed by atoms with Crippen molar-refractivity contribution < 1.29 is 27.4 Å². The minimum atomic E-state index is -4.28. The molecule has 0 aliphatic rings. The van der Waals surface area contributed by atoms with Gasteiger partial charge in [0, 0.05) is 12.3 Å². The lowest BCUT2D eigenvalue weighted by Gasteiger charge is -2.18. The summed E-state index contributed by atoms with van der Waals surface area (Å²) in [5.74, 6) is -0.0601. The molecule has 0 atom stereocenters. The Bertz CT molecular complexity index is 435. The fourth-order valence-corrected chi connectivity index (χ4v) is 1.07. The highest BCUT2D eigenvalue weighted by atomic mass is 19.4. The number of hydrogen-bond acceptors (Lipinski definition) is 4. The molecule has 0 bridgehead atoms. The molecule has 0 radical (unpaired) electrons. The fourth-order valence-electron chi connectivity index (χ4n) is 1.07. The van der Waals surface area contributed by atoms with Gasteiger partial charge in [-0.3, -0.25) is 0 Å². The van der Waals surface area contributed by atoms with Crippen molar-refractivity contribution in [3.63, 3.8) is 0 Å². The van der Waals surface area contributed by atoms with Crippen molar-refractivity contribution in [2.75, 3.05) is 6.61 Å². The first-order valence-corrected chi connectivity index (χ1v) is 5.55. The van der Waals surface area contributed by atoms with Crippen LogP contribution in [0.1, 0.15) is 27.2 Å². The number of aromatic nitrogens is 2. The molecule has 0 aliphatic heterocycles. The number of alkyl halides is 3. The third kappa shape index (κ3) is 6.12. The van der Waals surface area contributed by atoms with Crippen LogP contribution in [0.5, 0.6) is 5.88 Å². The third-order valence-electron chi connectivity index (χ3n) is 1.78. The first-order chi connectivity index (χ1) is 8.57. The van der Waals surface area contributed by atoms with Crippen molar-refractivity contribution in [3.05, 3.63) is 12.3 Å². The van der Waals surface area contributed by atoms with E-state index in [1.54, 1.807) is 20.8 Å². The van der Waals surface area contributed by atoms with Gasteiger partial charge in [-0.2, -0.15) is 17.9 Å². The zero-order valence-corrected chi connectivity index (χ0v) is 10.8. The lowest BCUT2D eigenvalue weighted by molar-refractivity contribution is -0.139. The number of rotatable bonds is 3. The predicted octanol–water partition coefficient (Wildman–Crippen LogP) is 3.00. The fraction of sp³-hybridized carbons (Fsp3) is 0.636. The Morgan fingerprint density at radius 3 is 2.53 bits per heavy atom. The lowest BCUT2D eigenvalue weighted by atomic mass is 10.2. The largest absolute Gasteiger partial charge is 0.476 e. The summed E-state index contributed by atoms with van der Waals surface area (Å²) in [5, 5.41) is 3.67. The maximum atomic E-state index is 11.9. The second kappa shape index (κ2) is 5.50. The zero-order valence-electron chi connectivity index (χ0n) is 10.8. The van der Waals surface area contributed by atoms with E-state index in [2.05, 4.69) is 5.10 Å². The van der Waals surface area contributed by atoms with Crippen molar-refractivity contribution in [1.29, 1.82) is 0 Å². The summed E-state index contributed by atoms with van der Waals surface area (Å²) in [6, 6.07) is 1.29. The van der Waals surface area contributed by atoms with E-state index in [0.29, 0.717) is 0 Å². The van der Waals surface area contributed by atoms with Crippen LogP contribution in [0.4, 0.5) is 18.0 Å². The van der Waals surface area contributed by atoms with Crippen molar-refractivity contribution in [2.24, 2.45) is 0 Å². The van der Waals surface area contributed by atoms with Gasteiger partial charge in [0.25, 0.3) is 0 Å². The van der Waals surface area contributed by atoms with E-state index in [0.717, 1.165) is 4.68 Å².